The van der Waals surface area contributed by atoms with Crippen LogP contribution < -0.4 is 0 Å². The van der Waals surface area contributed by atoms with Gasteiger partial charge in [0, 0.05) is 12.2 Å². The van der Waals surface area contributed by atoms with Crippen LogP contribution in [0.2, 0.25) is 0 Å². The summed E-state index contributed by atoms with van der Waals surface area (Å²) in [5, 5.41) is -0.209. The SMILES string of the molecule is CS(=O)(=O)C1CCC(C(=O)I)CC1. The van der Waals surface area contributed by atoms with E-state index in [1.54, 1.807) is 22.6 Å². The van der Waals surface area contributed by atoms with E-state index < -0.39 is 9.84 Å². The molecule has 1 saturated carbocycles. The second-order valence-electron chi connectivity index (χ2n) is 3.61. The zero-order chi connectivity index (χ0) is 10.1. The average Bonchev–Trinajstić information content (AvgIpc) is 2.03. The first-order chi connectivity index (χ1) is 5.91. The predicted octanol–water partition coefficient (Wildman–Crippen LogP) is 1.55. The normalized spacial score (nSPS) is 30.0. The minimum absolute atomic E-state index is 0.0959. The van der Waals surface area contributed by atoms with Crippen LogP contribution in [0.15, 0.2) is 0 Å². The van der Waals surface area contributed by atoms with Crippen LogP contribution in [0.3, 0.4) is 0 Å². The van der Waals surface area contributed by atoms with Crippen LogP contribution >= 0.6 is 22.6 Å². The predicted molar refractivity (Wildman–Crippen MR) is 59.6 cm³/mol. The van der Waals surface area contributed by atoms with E-state index in [2.05, 4.69) is 0 Å². The Hall–Kier alpha value is 0.350. The second kappa shape index (κ2) is 4.25. The van der Waals surface area contributed by atoms with Crippen molar-refractivity contribution in [2.24, 2.45) is 5.92 Å². The molecule has 1 fully saturated rings. The van der Waals surface area contributed by atoms with Crippen LogP contribution in [0.4, 0.5) is 0 Å². The van der Waals surface area contributed by atoms with Gasteiger partial charge >= 0.3 is 0 Å². The average molecular weight is 316 g/mol. The van der Waals surface area contributed by atoms with Crippen molar-refractivity contribution in [3.63, 3.8) is 0 Å². The van der Waals surface area contributed by atoms with Gasteiger partial charge in [0.2, 0.25) is 0 Å². The number of hydrogen-bond acceptors (Lipinski definition) is 3. The Balaban J connectivity index is 2.53. The maximum absolute atomic E-state index is 11.2. The maximum Gasteiger partial charge on any atom is 0.195 e. The summed E-state index contributed by atoms with van der Waals surface area (Å²) in [6.07, 6.45) is 4.05. The van der Waals surface area contributed by atoms with Crippen LogP contribution in [0.25, 0.3) is 0 Å². The van der Waals surface area contributed by atoms with Crippen molar-refractivity contribution >= 4 is 36.2 Å². The summed E-state index contributed by atoms with van der Waals surface area (Å²) in [5.41, 5.74) is 0. The fourth-order valence-electron chi connectivity index (χ4n) is 1.72. The highest BCUT2D eigenvalue weighted by molar-refractivity contribution is 14.1. The third-order valence-corrected chi connectivity index (χ3v) is 5.16. The van der Waals surface area contributed by atoms with Gasteiger partial charge in [-0.3, -0.25) is 4.79 Å². The molecule has 1 rings (SSSR count). The lowest BCUT2D eigenvalue weighted by atomic mass is 9.90. The molecule has 0 N–H and O–H groups in total. The molecule has 3 nitrogen and oxygen atoms in total. The fraction of sp³-hybridized carbons (Fsp3) is 0.875. The second-order valence-corrected chi connectivity index (χ2v) is 7.00. The summed E-state index contributed by atoms with van der Waals surface area (Å²) in [7, 11) is -2.89. The van der Waals surface area contributed by atoms with Gasteiger partial charge in [0.05, 0.1) is 5.25 Å². The van der Waals surface area contributed by atoms with E-state index in [0.717, 1.165) is 12.8 Å². The third-order valence-electron chi connectivity index (χ3n) is 2.60. The van der Waals surface area contributed by atoms with Crippen molar-refractivity contribution < 1.29 is 13.2 Å². The van der Waals surface area contributed by atoms with Crippen LogP contribution in [0.5, 0.6) is 0 Å². The molecule has 1 aliphatic carbocycles. The van der Waals surface area contributed by atoms with Gasteiger partial charge in [-0.2, -0.15) is 0 Å². The molecule has 13 heavy (non-hydrogen) atoms. The van der Waals surface area contributed by atoms with E-state index in [0.29, 0.717) is 12.8 Å². The van der Waals surface area contributed by atoms with Crippen LogP contribution in [-0.4, -0.2) is 23.7 Å². The van der Waals surface area contributed by atoms with Gasteiger partial charge in [0.1, 0.15) is 9.84 Å². The number of carbonyl (C=O) groups is 1. The Bertz CT molecular complexity index is 289. The standard InChI is InChI=1S/C8H13IO3S/c1-13(11,12)7-4-2-6(3-5-7)8(9)10/h6-7H,2-5H2,1H3. The molecule has 1 aliphatic rings. The molecular weight excluding hydrogens is 303 g/mol. The Morgan fingerprint density at radius 3 is 2.00 bits per heavy atom. The first-order valence-corrected chi connectivity index (χ1v) is 7.33. The summed E-state index contributed by atoms with van der Waals surface area (Å²) >= 11 is 1.80. The lowest BCUT2D eigenvalue weighted by molar-refractivity contribution is -0.113. The van der Waals surface area contributed by atoms with E-state index in [-0.39, 0.29) is 15.0 Å². The number of hydrogen-bond donors (Lipinski definition) is 0. The zero-order valence-electron chi connectivity index (χ0n) is 7.49. The van der Waals surface area contributed by atoms with Gasteiger partial charge in [-0.1, -0.05) is 0 Å². The van der Waals surface area contributed by atoms with Crippen molar-refractivity contribution in [3.8, 4) is 0 Å². The molecule has 0 saturated heterocycles. The lowest BCUT2D eigenvalue weighted by Gasteiger charge is -2.24. The molecule has 5 heteroatoms. The molecule has 0 aromatic carbocycles. The molecular formula is C8H13IO3S. The van der Waals surface area contributed by atoms with Gasteiger partial charge in [0.25, 0.3) is 0 Å². The molecule has 0 aromatic rings. The van der Waals surface area contributed by atoms with Crippen molar-refractivity contribution in [1.82, 2.24) is 0 Å². The van der Waals surface area contributed by atoms with E-state index >= 15 is 0 Å². The molecule has 0 heterocycles. The Labute approximate surface area is 92.3 Å². The van der Waals surface area contributed by atoms with E-state index in [9.17, 15) is 13.2 Å². The van der Waals surface area contributed by atoms with Crippen molar-refractivity contribution in [2.75, 3.05) is 6.26 Å². The zero-order valence-corrected chi connectivity index (χ0v) is 10.5. The molecule has 0 atom stereocenters. The summed E-state index contributed by atoms with van der Waals surface area (Å²) in [6, 6.07) is 0. The van der Waals surface area contributed by atoms with Crippen molar-refractivity contribution in [2.45, 2.75) is 30.9 Å². The minimum atomic E-state index is -2.89. The van der Waals surface area contributed by atoms with Gasteiger partial charge in [-0.15, -0.1) is 0 Å². The van der Waals surface area contributed by atoms with Gasteiger partial charge in [-0.25, -0.2) is 8.42 Å². The molecule has 76 valence electrons. The first kappa shape index (κ1) is 11.4. The molecule has 0 amide bonds. The van der Waals surface area contributed by atoms with Gasteiger partial charge < -0.3 is 0 Å². The summed E-state index contributed by atoms with van der Waals surface area (Å²) < 4.78 is 22.5. The highest BCUT2D eigenvalue weighted by Gasteiger charge is 2.29. The number of carbonyl (C=O) groups excluding carboxylic acids is 1. The quantitative estimate of drug-likeness (QED) is 0.574. The van der Waals surface area contributed by atoms with E-state index in [1.165, 1.54) is 6.26 Å². The van der Waals surface area contributed by atoms with Gasteiger partial charge in [0.15, 0.2) is 3.79 Å². The molecule has 0 spiro atoms. The molecule has 0 radical (unpaired) electrons. The minimum Gasteiger partial charge on any atom is -0.287 e. The van der Waals surface area contributed by atoms with Crippen molar-refractivity contribution in [3.05, 3.63) is 0 Å². The summed E-state index contributed by atoms with van der Waals surface area (Å²) in [4.78, 5) is 11.0. The number of sulfone groups is 1. The van der Waals surface area contributed by atoms with Crippen LogP contribution in [0, 0.1) is 5.92 Å². The smallest absolute Gasteiger partial charge is 0.195 e. The van der Waals surface area contributed by atoms with Crippen LogP contribution in [-0.2, 0) is 14.6 Å². The van der Waals surface area contributed by atoms with E-state index in [1.807, 2.05) is 0 Å². The summed E-state index contributed by atoms with van der Waals surface area (Å²) in [6.45, 7) is 0. The van der Waals surface area contributed by atoms with E-state index in [4.69, 9.17) is 0 Å². The number of halogens is 1. The largest absolute Gasteiger partial charge is 0.287 e. The first-order valence-electron chi connectivity index (χ1n) is 4.29. The molecule has 0 aromatic heterocycles. The monoisotopic (exact) mass is 316 g/mol. The van der Waals surface area contributed by atoms with Crippen molar-refractivity contribution in [1.29, 1.82) is 0 Å². The maximum atomic E-state index is 11.2. The highest BCUT2D eigenvalue weighted by atomic mass is 127. The Kier molecular flexibility index (Phi) is 3.73. The Morgan fingerprint density at radius 1 is 1.23 bits per heavy atom. The molecule has 0 unspecified atom stereocenters. The molecule has 0 aliphatic heterocycles. The number of rotatable bonds is 2. The van der Waals surface area contributed by atoms with Crippen LogP contribution in [0.1, 0.15) is 25.7 Å². The highest BCUT2D eigenvalue weighted by Crippen LogP contribution is 2.29. The van der Waals surface area contributed by atoms with Gasteiger partial charge in [-0.05, 0) is 48.3 Å². The topological polar surface area (TPSA) is 51.2 Å². The summed E-state index contributed by atoms with van der Waals surface area (Å²) in [5.74, 6) is 0.0959. The lowest BCUT2D eigenvalue weighted by Crippen LogP contribution is -2.27. The molecule has 0 bridgehead atoms. The fourth-order valence-corrected chi connectivity index (χ4v) is 3.47. The Morgan fingerprint density at radius 2 is 1.69 bits per heavy atom. The third kappa shape index (κ3) is 3.19.